The summed E-state index contributed by atoms with van der Waals surface area (Å²) in [6.07, 6.45) is 7.36. The van der Waals surface area contributed by atoms with E-state index in [0.717, 1.165) is 27.5 Å². The number of rotatable bonds is 7. The van der Waals surface area contributed by atoms with Gasteiger partial charge in [0.15, 0.2) is 10.9 Å². The molecule has 0 spiro atoms. The maximum Gasteiger partial charge on any atom is 0.239 e. The molecule has 1 unspecified atom stereocenters. The van der Waals surface area contributed by atoms with Gasteiger partial charge in [-0.3, -0.25) is 4.79 Å². The highest BCUT2D eigenvalue weighted by molar-refractivity contribution is 7.18. The standard InChI is InChI=1S/C20H22FN9O2SSi/c21-11-6-22-9-27-16(11)14-8-26-20(33-14)29-15-5-13-12(7-25-15)28-10-30(13)3-1-24-18(31)17-19(34)32-4-2-23-17/h5-10,17,19,23H,1-4H2,34H3,(H,24,31)(H,25,26,29)/t17-,19?/m1/s1. The van der Waals surface area contributed by atoms with E-state index in [2.05, 4.69) is 40.9 Å². The van der Waals surface area contributed by atoms with E-state index >= 15 is 0 Å². The molecule has 4 aromatic heterocycles. The first kappa shape index (κ1) is 22.5. The Morgan fingerprint density at radius 3 is 3.06 bits per heavy atom. The Morgan fingerprint density at radius 1 is 1.29 bits per heavy atom. The Hall–Kier alpha value is -3.33. The number of aromatic nitrogens is 6. The number of halogens is 1. The number of nitrogens with zero attached hydrogens (tertiary/aromatic N) is 6. The van der Waals surface area contributed by atoms with E-state index in [-0.39, 0.29) is 23.4 Å². The Balaban J connectivity index is 1.24. The van der Waals surface area contributed by atoms with E-state index < -0.39 is 5.82 Å². The van der Waals surface area contributed by atoms with E-state index in [1.807, 2.05) is 10.6 Å². The molecule has 5 heterocycles. The topological polar surface area (TPSA) is 132 Å². The van der Waals surface area contributed by atoms with E-state index in [9.17, 15) is 9.18 Å². The second-order valence-corrected chi connectivity index (χ2v) is 9.84. The summed E-state index contributed by atoms with van der Waals surface area (Å²) in [5, 5.41) is 9.89. The molecule has 4 aromatic rings. The summed E-state index contributed by atoms with van der Waals surface area (Å²) in [6.45, 7) is 2.34. The first-order chi connectivity index (χ1) is 16.6. The molecule has 0 saturated carbocycles. The second-order valence-electron chi connectivity index (χ2n) is 7.67. The summed E-state index contributed by atoms with van der Waals surface area (Å²) in [5.41, 5.74) is 1.78. The zero-order valence-electron chi connectivity index (χ0n) is 18.2. The minimum Gasteiger partial charge on any atom is -0.379 e. The third-order valence-electron chi connectivity index (χ3n) is 5.40. The van der Waals surface area contributed by atoms with Gasteiger partial charge in [-0.25, -0.2) is 29.3 Å². The number of thiazole rings is 1. The molecular weight excluding hydrogens is 477 g/mol. The van der Waals surface area contributed by atoms with Gasteiger partial charge >= 0.3 is 0 Å². The highest BCUT2D eigenvalue weighted by Crippen LogP contribution is 2.30. The van der Waals surface area contributed by atoms with Crippen LogP contribution >= 0.6 is 11.3 Å². The first-order valence-electron chi connectivity index (χ1n) is 10.7. The molecule has 2 atom stereocenters. The fourth-order valence-electron chi connectivity index (χ4n) is 3.69. The predicted octanol–water partition coefficient (Wildman–Crippen LogP) is 0.0236. The number of pyridine rings is 1. The zero-order chi connectivity index (χ0) is 23.5. The maximum atomic E-state index is 13.9. The predicted molar refractivity (Wildman–Crippen MR) is 128 cm³/mol. The fraction of sp³-hybridized carbons (Fsp3) is 0.300. The van der Waals surface area contributed by atoms with Gasteiger partial charge in [0.2, 0.25) is 5.91 Å². The molecule has 5 rings (SSSR count). The number of carbonyl (C=O) groups excluding carboxylic acids is 1. The quantitative estimate of drug-likeness (QED) is 0.301. The van der Waals surface area contributed by atoms with Crippen LogP contribution in [0.1, 0.15) is 0 Å². The van der Waals surface area contributed by atoms with Crippen molar-refractivity contribution in [2.75, 3.05) is 25.0 Å². The van der Waals surface area contributed by atoms with Gasteiger partial charge in [0.1, 0.15) is 29.4 Å². The van der Waals surface area contributed by atoms with E-state index in [4.69, 9.17) is 4.74 Å². The van der Waals surface area contributed by atoms with Gasteiger partial charge in [0.05, 0.1) is 41.4 Å². The summed E-state index contributed by atoms with van der Waals surface area (Å²) in [5.74, 6) is 0.0223. The van der Waals surface area contributed by atoms with Gasteiger partial charge in [-0.2, -0.15) is 0 Å². The number of anilines is 2. The lowest BCUT2D eigenvalue weighted by Crippen LogP contribution is -2.57. The van der Waals surface area contributed by atoms with Crippen molar-refractivity contribution in [3.05, 3.63) is 43.1 Å². The van der Waals surface area contributed by atoms with Crippen molar-refractivity contribution in [2.45, 2.75) is 18.3 Å². The van der Waals surface area contributed by atoms with Crippen LogP contribution in [0, 0.1) is 5.82 Å². The average molecular weight is 500 g/mol. The average Bonchev–Trinajstić information content (AvgIpc) is 3.47. The van der Waals surface area contributed by atoms with Crippen LogP contribution in [0.25, 0.3) is 21.6 Å². The second kappa shape index (κ2) is 9.88. The van der Waals surface area contributed by atoms with Crippen molar-refractivity contribution in [2.24, 2.45) is 0 Å². The molecule has 0 radical (unpaired) electrons. The van der Waals surface area contributed by atoms with Crippen LogP contribution in [0.15, 0.2) is 37.3 Å². The van der Waals surface area contributed by atoms with Crippen molar-refractivity contribution in [3.63, 3.8) is 0 Å². The third kappa shape index (κ3) is 4.79. The molecule has 14 heteroatoms. The van der Waals surface area contributed by atoms with Crippen LogP contribution in [0.4, 0.5) is 15.3 Å². The summed E-state index contributed by atoms with van der Waals surface area (Å²) >= 11 is 1.26. The molecule has 3 N–H and O–H groups in total. The monoisotopic (exact) mass is 499 g/mol. The minimum absolute atomic E-state index is 0.0280. The van der Waals surface area contributed by atoms with Crippen molar-refractivity contribution in [3.8, 4) is 10.6 Å². The van der Waals surface area contributed by atoms with Gasteiger partial charge < -0.3 is 25.3 Å². The Bertz CT molecular complexity index is 1320. The Morgan fingerprint density at radius 2 is 2.21 bits per heavy atom. The zero-order valence-corrected chi connectivity index (χ0v) is 21.0. The first-order valence-corrected chi connectivity index (χ1v) is 12.7. The van der Waals surface area contributed by atoms with Gasteiger partial charge in [-0.15, -0.1) is 0 Å². The molecule has 0 bridgehead atoms. The summed E-state index contributed by atoms with van der Waals surface area (Å²) < 4.78 is 21.5. The van der Waals surface area contributed by atoms with E-state index in [1.54, 1.807) is 18.7 Å². The number of hydrogen-bond donors (Lipinski definition) is 3. The number of imidazole rings is 1. The summed E-state index contributed by atoms with van der Waals surface area (Å²) in [6, 6.07) is 1.57. The van der Waals surface area contributed by atoms with Gasteiger partial charge in [-0.05, 0) is 0 Å². The number of nitrogens with one attached hydrogen (secondary N) is 3. The number of fused-ring (bicyclic) bond motifs is 1. The summed E-state index contributed by atoms with van der Waals surface area (Å²) in [4.78, 5) is 33.8. The molecule has 0 aliphatic carbocycles. The largest absolute Gasteiger partial charge is 0.379 e. The van der Waals surface area contributed by atoms with Crippen LogP contribution in [0.2, 0.25) is 0 Å². The highest BCUT2D eigenvalue weighted by atomic mass is 32.1. The highest BCUT2D eigenvalue weighted by Gasteiger charge is 2.27. The van der Waals surface area contributed by atoms with Gasteiger partial charge in [0.25, 0.3) is 0 Å². The Kier molecular flexibility index (Phi) is 6.53. The lowest BCUT2D eigenvalue weighted by atomic mass is 10.2. The molecule has 0 aromatic carbocycles. The van der Waals surface area contributed by atoms with Crippen LogP contribution < -0.4 is 16.0 Å². The van der Waals surface area contributed by atoms with Crippen LogP contribution in [0.5, 0.6) is 0 Å². The van der Waals surface area contributed by atoms with Gasteiger partial charge in [0, 0.05) is 42.1 Å². The SMILES string of the molecule is O=C(NCCn1cnc2cnc(Nc3ncc(-c4ncncc4F)s3)cc21)[C@H]1NCCOC1[SiH3]. The molecule has 11 nitrogen and oxygen atoms in total. The third-order valence-corrected chi connectivity index (χ3v) is 7.32. The molecule has 1 aliphatic heterocycles. The van der Waals surface area contributed by atoms with Crippen molar-refractivity contribution < 1.29 is 13.9 Å². The molecule has 176 valence electrons. The number of morpholine rings is 1. The Labute approximate surface area is 200 Å². The summed E-state index contributed by atoms with van der Waals surface area (Å²) in [7, 11) is 0.788. The van der Waals surface area contributed by atoms with Crippen LogP contribution in [-0.2, 0) is 16.1 Å². The maximum absolute atomic E-state index is 13.9. The van der Waals surface area contributed by atoms with E-state index in [0.29, 0.717) is 42.1 Å². The number of hydrogen-bond acceptors (Lipinski definition) is 10. The minimum atomic E-state index is -0.503. The normalized spacial score (nSPS) is 18.3. The smallest absolute Gasteiger partial charge is 0.239 e. The van der Waals surface area contributed by atoms with Crippen LogP contribution in [-0.4, -0.2) is 77.1 Å². The lowest BCUT2D eigenvalue weighted by Gasteiger charge is -2.29. The molecule has 1 fully saturated rings. The molecule has 1 aliphatic rings. The van der Waals surface area contributed by atoms with Crippen LogP contribution in [0.3, 0.4) is 0 Å². The van der Waals surface area contributed by atoms with Crippen molar-refractivity contribution >= 4 is 49.5 Å². The lowest BCUT2D eigenvalue weighted by molar-refractivity contribution is -0.127. The molecule has 1 saturated heterocycles. The molecule has 34 heavy (non-hydrogen) atoms. The molecular formula is C20H22FN9O2SSi. The van der Waals surface area contributed by atoms with Crippen molar-refractivity contribution in [1.29, 1.82) is 0 Å². The van der Waals surface area contributed by atoms with Crippen molar-refractivity contribution in [1.82, 2.24) is 40.1 Å². The molecule has 1 amide bonds. The fourth-order valence-corrected chi connectivity index (χ4v) is 5.29. The number of ether oxygens (including phenoxy) is 1. The van der Waals surface area contributed by atoms with E-state index in [1.165, 1.54) is 17.7 Å². The number of amides is 1. The van der Waals surface area contributed by atoms with Gasteiger partial charge in [-0.1, -0.05) is 11.3 Å². The number of carbonyl (C=O) groups is 1.